The molecule has 0 aromatic heterocycles. The summed E-state index contributed by atoms with van der Waals surface area (Å²) in [5.74, 6) is -0.453. The molecule has 1 aromatic rings. The Morgan fingerprint density at radius 3 is 2.25 bits per heavy atom. The molecule has 0 spiro atoms. The number of nitrogens with one attached hydrogen (secondary N) is 1. The van der Waals surface area contributed by atoms with Crippen molar-refractivity contribution in [2.75, 3.05) is 31.1 Å². The molecule has 20 heavy (non-hydrogen) atoms. The Hall–Kier alpha value is -2.08. The second-order valence-electron chi connectivity index (χ2n) is 4.60. The van der Waals surface area contributed by atoms with E-state index in [1.165, 1.54) is 0 Å². The Kier molecular flexibility index (Phi) is 4.95. The molecular weight excluding hydrogens is 260 g/mol. The van der Waals surface area contributed by atoms with Crippen LogP contribution in [0.5, 0.6) is 5.75 Å². The average molecular weight is 278 g/mol. The second-order valence-corrected chi connectivity index (χ2v) is 4.60. The second kappa shape index (κ2) is 6.91. The van der Waals surface area contributed by atoms with Gasteiger partial charge in [0.1, 0.15) is 5.75 Å². The number of nitrogens with zero attached hydrogens (tertiary/aromatic N) is 1. The molecule has 0 amide bonds. The van der Waals surface area contributed by atoms with E-state index in [-0.39, 0.29) is 12.8 Å². The van der Waals surface area contributed by atoms with Crippen molar-refractivity contribution in [2.45, 2.75) is 12.8 Å². The Morgan fingerprint density at radius 1 is 1.10 bits per heavy atom. The van der Waals surface area contributed by atoms with Crippen LogP contribution in [-0.2, 0) is 14.3 Å². The highest BCUT2D eigenvalue weighted by Gasteiger charge is 2.19. The first-order chi connectivity index (χ1) is 9.65. The number of aromatic hydroxyl groups is 1. The number of carbonyl (C=O) groups is 2. The third kappa shape index (κ3) is 4.24. The zero-order valence-electron chi connectivity index (χ0n) is 11.2. The van der Waals surface area contributed by atoms with Crippen LogP contribution >= 0.6 is 0 Å². The number of carbonyl (C=O) groups excluding carboxylic acids is 2. The summed E-state index contributed by atoms with van der Waals surface area (Å²) in [6.07, 6.45) is 0.525. The molecule has 0 saturated carbocycles. The Morgan fingerprint density at radius 2 is 1.75 bits per heavy atom. The van der Waals surface area contributed by atoms with Crippen LogP contribution in [0.15, 0.2) is 24.3 Å². The molecule has 0 aliphatic carbocycles. The largest absolute Gasteiger partial charge is 0.508 e. The molecule has 1 aromatic carbocycles. The monoisotopic (exact) mass is 278 g/mol. The number of ether oxygens (including phenoxy) is 1. The number of hydrogen-bond donors (Lipinski definition) is 2. The van der Waals surface area contributed by atoms with Crippen molar-refractivity contribution in [3.8, 4) is 5.75 Å². The minimum Gasteiger partial charge on any atom is -0.508 e. The maximum absolute atomic E-state index is 10.0. The lowest BCUT2D eigenvalue weighted by atomic mass is 10.2. The molecule has 2 N–H and O–H groups in total. The van der Waals surface area contributed by atoms with Crippen molar-refractivity contribution in [3.63, 3.8) is 0 Å². The van der Waals surface area contributed by atoms with Crippen LogP contribution in [0.1, 0.15) is 12.8 Å². The van der Waals surface area contributed by atoms with E-state index in [2.05, 4.69) is 15.0 Å². The highest BCUT2D eigenvalue weighted by Crippen LogP contribution is 2.19. The van der Waals surface area contributed by atoms with Crippen LogP contribution in [0.25, 0.3) is 0 Å². The zero-order chi connectivity index (χ0) is 14.4. The number of benzene rings is 1. The first-order valence-electron chi connectivity index (χ1n) is 6.63. The van der Waals surface area contributed by atoms with Crippen LogP contribution in [0.2, 0.25) is 0 Å². The van der Waals surface area contributed by atoms with Gasteiger partial charge in [-0.05, 0) is 12.1 Å². The standard InChI is InChI=1S/C10H14N2O.C4H4O3/c13-10-3-1-2-9(8-10)12-6-4-11-5-7-12;5-3-1-2-4(6)7-3/h1-3,8,11,13H,4-7H2;1-2H2. The van der Waals surface area contributed by atoms with Gasteiger partial charge in [0, 0.05) is 37.9 Å². The first kappa shape index (κ1) is 14.3. The lowest BCUT2D eigenvalue weighted by molar-refractivity contribution is -0.151. The molecule has 2 aliphatic heterocycles. The fraction of sp³-hybridized carbons (Fsp3) is 0.429. The van der Waals surface area contributed by atoms with Crippen LogP contribution in [0, 0.1) is 0 Å². The van der Waals surface area contributed by atoms with Gasteiger partial charge in [0.25, 0.3) is 0 Å². The third-order valence-electron chi connectivity index (χ3n) is 3.07. The maximum Gasteiger partial charge on any atom is 0.314 e. The summed E-state index contributed by atoms with van der Waals surface area (Å²) in [5, 5.41) is 12.6. The summed E-state index contributed by atoms with van der Waals surface area (Å²) in [5.41, 5.74) is 1.11. The fourth-order valence-corrected chi connectivity index (χ4v) is 2.05. The fourth-order valence-electron chi connectivity index (χ4n) is 2.05. The van der Waals surface area contributed by atoms with Crippen molar-refractivity contribution in [1.82, 2.24) is 5.32 Å². The Labute approximate surface area is 117 Å². The predicted octanol–water partition coefficient (Wildman–Crippen LogP) is 0.652. The number of phenols is 1. The normalized spacial score (nSPS) is 18.3. The minimum atomic E-state index is -0.398. The van der Waals surface area contributed by atoms with E-state index in [9.17, 15) is 14.7 Å². The smallest absolute Gasteiger partial charge is 0.314 e. The van der Waals surface area contributed by atoms with Gasteiger partial charge in [-0.15, -0.1) is 0 Å². The summed E-state index contributed by atoms with van der Waals surface area (Å²) in [7, 11) is 0. The molecule has 0 bridgehead atoms. The quantitative estimate of drug-likeness (QED) is 0.580. The van der Waals surface area contributed by atoms with Gasteiger partial charge in [0.15, 0.2) is 0 Å². The predicted molar refractivity (Wildman–Crippen MR) is 73.5 cm³/mol. The van der Waals surface area contributed by atoms with Crippen LogP contribution in [0.4, 0.5) is 5.69 Å². The van der Waals surface area contributed by atoms with Gasteiger partial charge in [-0.1, -0.05) is 6.07 Å². The number of piperazine rings is 1. The molecule has 108 valence electrons. The van der Waals surface area contributed by atoms with Crippen molar-refractivity contribution < 1.29 is 19.4 Å². The molecule has 6 nitrogen and oxygen atoms in total. The third-order valence-corrected chi connectivity index (χ3v) is 3.07. The molecule has 2 saturated heterocycles. The molecular formula is C14H18N2O4. The van der Waals surface area contributed by atoms with Crippen LogP contribution < -0.4 is 10.2 Å². The van der Waals surface area contributed by atoms with Gasteiger partial charge < -0.3 is 20.1 Å². The van der Waals surface area contributed by atoms with E-state index >= 15 is 0 Å². The molecule has 6 heteroatoms. The molecule has 0 unspecified atom stereocenters. The highest BCUT2D eigenvalue weighted by molar-refractivity contribution is 5.92. The molecule has 2 heterocycles. The Bertz CT molecular complexity index is 470. The van der Waals surface area contributed by atoms with E-state index in [1.54, 1.807) is 6.07 Å². The Balaban J connectivity index is 0.000000178. The first-order valence-corrected chi connectivity index (χ1v) is 6.63. The van der Waals surface area contributed by atoms with Crippen LogP contribution in [-0.4, -0.2) is 43.2 Å². The minimum absolute atomic E-state index is 0.263. The van der Waals surface area contributed by atoms with Crippen LogP contribution in [0.3, 0.4) is 0 Å². The number of phenolic OH excluding ortho intramolecular Hbond substituents is 1. The van der Waals surface area contributed by atoms with Crippen molar-refractivity contribution in [3.05, 3.63) is 24.3 Å². The SMILES string of the molecule is O=C1CCC(=O)O1.Oc1cccc(N2CCNCC2)c1. The summed E-state index contributed by atoms with van der Waals surface area (Å²) < 4.78 is 4.08. The lowest BCUT2D eigenvalue weighted by Crippen LogP contribution is -2.43. The zero-order valence-corrected chi connectivity index (χ0v) is 11.2. The lowest BCUT2D eigenvalue weighted by Gasteiger charge is -2.29. The molecule has 0 atom stereocenters. The number of anilines is 1. The summed E-state index contributed by atoms with van der Waals surface area (Å²) in [6.45, 7) is 4.08. The van der Waals surface area contributed by atoms with E-state index < -0.39 is 11.9 Å². The molecule has 3 rings (SSSR count). The van der Waals surface area contributed by atoms with E-state index in [0.717, 1.165) is 31.9 Å². The summed E-state index contributed by atoms with van der Waals surface area (Å²) in [4.78, 5) is 22.3. The van der Waals surface area contributed by atoms with Gasteiger partial charge in [0.05, 0.1) is 12.8 Å². The van der Waals surface area contributed by atoms with E-state index in [1.807, 2.05) is 18.2 Å². The number of hydrogen-bond acceptors (Lipinski definition) is 6. The van der Waals surface area contributed by atoms with Crippen molar-refractivity contribution in [2.24, 2.45) is 0 Å². The maximum atomic E-state index is 10.0. The van der Waals surface area contributed by atoms with E-state index in [4.69, 9.17) is 0 Å². The van der Waals surface area contributed by atoms with Gasteiger partial charge >= 0.3 is 11.9 Å². The summed E-state index contributed by atoms with van der Waals surface area (Å²) >= 11 is 0. The molecule has 2 fully saturated rings. The molecule has 2 aliphatic rings. The van der Waals surface area contributed by atoms with Gasteiger partial charge in [-0.2, -0.15) is 0 Å². The van der Waals surface area contributed by atoms with Gasteiger partial charge in [-0.3, -0.25) is 9.59 Å². The number of esters is 2. The molecule has 0 radical (unpaired) electrons. The van der Waals surface area contributed by atoms with Crippen molar-refractivity contribution in [1.29, 1.82) is 0 Å². The highest BCUT2D eigenvalue weighted by atomic mass is 16.6. The van der Waals surface area contributed by atoms with Gasteiger partial charge in [0.2, 0.25) is 0 Å². The number of rotatable bonds is 1. The average Bonchev–Trinajstić information content (AvgIpc) is 2.84. The van der Waals surface area contributed by atoms with Crippen molar-refractivity contribution >= 4 is 17.6 Å². The number of cyclic esters (lactones) is 2. The summed E-state index contributed by atoms with van der Waals surface area (Å²) in [6, 6.07) is 7.43. The van der Waals surface area contributed by atoms with E-state index in [0.29, 0.717) is 5.75 Å². The van der Waals surface area contributed by atoms with Gasteiger partial charge in [-0.25, -0.2) is 0 Å². The topological polar surface area (TPSA) is 78.9 Å².